The number of aromatic amines is 1. The molecule has 2 heterocycles. The number of sulfone groups is 1. The Labute approximate surface area is 103 Å². The van der Waals surface area contributed by atoms with Crippen molar-refractivity contribution >= 4 is 26.8 Å². The van der Waals surface area contributed by atoms with E-state index in [0.29, 0.717) is 16.7 Å². The molecule has 0 bridgehead atoms. The molecule has 0 saturated heterocycles. The van der Waals surface area contributed by atoms with Gasteiger partial charge in [-0.25, -0.2) is 18.4 Å². The zero-order chi connectivity index (χ0) is 13.5. The van der Waals surface area contributed by atoms with Crippen molar-refractivity contribution in [3.63, 3.8) is 0 Å². The number of rotatable bonds is 3. The van der Waals surface area contributed by atoms with Crippen LogP contribution >= 0.6 is 0 Å². The van der Waals surface area contributed by atoms with E-state index >= 15 is 0 Å². The van der Waals surface area contributed by atoms with Crippen LogP contribution in [0.3, 0.4) is 0 Å². The predicted molar refractivity (Wildman–Crippen MR) is 66.7 cm³/mol. The molecule has 1 unspecified atom stereocenters. The average Bonchev–Trinajstić information content (AvgIpc) is 2.69. The molecule has 1 atom stereocenters. The monoisotopic (exact) mass is 268 g/mol. The standard InChI is InChI=1S/C9H12N6O2S/c1-18(16,17)7(12)9-14-5-4(6(10)11)2-3-13-8(5)15-9/h2-3,7H,12H2,1H3,(H3,10,11)(H,13,14,15). The summed E-state index contributed by atoms with van der Waals surface area (Å²) in [7, 11) is -3.47. The summed E-state index contributed by atoms with van der Waals surface area (Å²) in [6, 6.07) is 1.53. The van der Waals surface area contributed by atoms with Crippen molar-refractivity contribution in [1.82, 2.24) is 15.0 Å². The summed E-state index contributed by atoms with van der Waals surface area (Å²) in [6.45, 7) is 0. The Balaban J connectivity index is 2.65. The van der Waals surface area contributed by atoms with Gasteiger partial charge in [-0.1, -0.05) is 0 Å². The third-order valence-corrected chi connectivity index (χ3v) is 3.57. The molecular formula is C9H12N6O2S. The van der Waals surface area contributed by atoms with Crippen LogP contribution in [0.4, 0.5) is 0 Å². The van der Waals surface area contributed by atoms with Gasteiger partial charge in [-0.3, -0.25) is 5.41 Å². The maximum absolute atomic E-state index is 11.4. The van der Waals surface area contributed by atoms with E-state index in [0.717, 1.165) is 6.26 Å². The summed E-state index contributed by atoms with van der Waals surface area (Å²) in [5, 5.41) is 6.15. The van der Waals surface area contributed by atoms with Gasteiger partial charge in [-0.05, 0) is 6.07 Å². The number of pyridine rings is 1. The molecule has 0 aliphatic carbocycles. The van der Waals surface area contributed by atoms with Crippen LogP contribution in [0.2, 0.25) is 0 Å². The van der Waals surface area contributed by atoms with E-state index in [-0.39, 0.29) is 11.7 Å². The van der Waals surface area contributed by atoms with E-state index in [4.69, 9.17) is 16.9 Å². The zero-order valence-corrected chi connectivity index (χ0v) is 10.3. The normalized spacial score (nSPS) is 13.7. The molecule has 8 nitrogen and oxygen atoms in total. The maximum atomic E-state index is 11.4. The van der Waals surface area contributed by atoms with Gasteiger partial charge in [0.25, 0.3) is 0 Å². The lowest BCUT2D eigenvalue weighted by atomic mass is 10.2. The maximum Gasteiger partial charge on any atom is 0.170 e. The van der Waals surface area contributed by atoms with Crippen LogP contribution in [0, 0.1) is 5.41 Å². The van der Waals surface area contributed by atoms with Crippen LogP contribution in [0.1, 0.15) is 16.8 Å². The molecule has 2 aromatic heterocycles. The Bertz CT molecular complexity index is 720. The van der Waals surface area contributed by atoms with Gasteiger partial charge >= 0.3 is 0 Å². The first-order valence-electron chi connectivity index (χ1n) is 4.94. The highest BCUT2D eigenvalue weighted by molar-refractivity contribution is 7.90. The number of amidine groups is 1. The number of fused-ring (bicyclic) bond motifs is 1. The summed E-state index contributed by atoms with van der Waals surface area (Å²) < 4.78 is 22.7. The summed E-state index contributed by atoms with van der Waals surface area (Å²) in [4.78, 5) is 10.8. The van der Waals surface area contributed by atoms with Crippen molar-refractivity contribution < 1.29 is 8.42 Å². The van der Waals surface area contributed by atoms with Gasteiger partial charge in [0.1, 0.15) is 17.2 Å². The summed E-state index contributed by atoms with van der Waals surface area (Å²) in [6.07, 6.45) is 2.47. The van der Waals surface area contributed by atoms with Crippen LogP contribution in [-0.4, -0.2) is 35.5 Å². The molecular weight excluding hydrogens is 256 g/mol. The van der Waals surface area contributed by atoms with Gasteiger partial charge in [-0.15, -0.1) is 0 Å². The molecule has 6 N–H and O–H groups in total. The molecule has 2 aromatic rings. The first-order valence-corrected chi connectivity index (χ1v) is 6.89. The lowest BCUT2D eigenvalue weighted by Crippen LogP contribution is -2.21. The zero-order valence-electron chi connectivity index (χ0n) is 9.51. The van der Waals surface area contributed by atoms with Crippen molar-refractivity contribution in [1.29, 1.82) is 5.41 Å². The minimum absolute atomic E-state index is 0.0775. The van der Waals surface area contributed by atoms with E-state index < -0.39 is 15.2 Å². The Morgan fingerprint density at radius 3 is 2.78 bits per heavy atom. The average molecular weight is 268 g/mol. The fraction of sp³-hybridized carbons (Fsp3) is 0.222. The van der Waals surface area contributed by atoms with Crippen molar-refractivity contribution in [2.24, 2.45) is 11.5 Å². The van der Waals surface area contributed by atoms with E-state index in [1.807, 2.05) is 0 Å². The number of H-pyrrole nitrogens is 1. The van der Waals surface area contributed by atoms with E-state index in [9.17, 15) is 8.42 Å². The second-order valence-corrected chi connectivity index (χ2v) is 6.01. The van der Waals surface area contributed by atoms with Crippen molar-refractivity contribution in [2.75, 3.05) is 6.26 Å². The van der Waals surface area contributed by atoms with Crippen LogP contribution < -0.4 is 11.5 Å². The molecule has 0 aliphatic heterocycles. The Hall–Kier alpha value is -2.00. The van der Waals surface area contributed by atoms with Gasteiger partial charge in [0.05, 0.1) is 0 Å². The third kappa shape index (κ3) is 2.05. The minimum Gasteiger partial charge on any atom is -0.384 e. The lowest BCUT2D eigenvalue weighted by molar-refractivity contribution is 0.587. The van der Waals surface area contributed by atoms with Gasteiger partial charge in [-0.2, -0.15) is 0 Å². The van der Waals surface area contributed by atoms with Crippen molar-refractivity contribution in [2.45, 2.75) is 5.37 Å². The molecule has 0 amide bonds. The Morgan fingerprint density at radius 1 is 1.56 bits per heavy atom. The number of hydrogen-bond acceptors (Lipinski definition) is 6. The molecule has 0 radical (unpaired) electrons. The second-order valence-electron chi connectivity index (χ2n) is 3.84. The quantitative estimate of drug-likeness (QED) is 0.424. The molecule has 0 aromatic carbocycles. The summed E-state index contributed by atoms with van der Waals surface area (Å²) in [5.74, 6) is -0.0953. The molecule has 96 valence electrons. The molecule has 0 aliphatic rings. The number of imidazole rings is 1. The van der Waals surface area contributed by atoms with Gasteiger partial charge < -0.3 is 16.5 Å². The highest BCUT2D eigenvalue weighted by Crippen LogP contribution is 2.19. The first kappa shape index (κ1) is 12.5. The number of aromatic nitrogens is 3. The van der Waals surface area contributed by atoms with Crippen LogP contribution in [0.15, 0.2) is 12.3 Å². The van der Waals surface area contributed by atoms with Crippen LogP contribution in [0.5, 0.6) is 0 Å². The number of nitrogens with zero attached hydrogens (tertiary/aromatic N) is 2. The number of hydrogen-bond donors (Lipinski definition) is 4. The van der Waals surface area contributed by atoms with Crippen molar-refractivity contribution in [3.05, 3.63) is 23.7 Å². The molecule has 0 fully saturated rings. The van der Waals surface area contributed by atoms with Gasteiger partial charge in [0.15, 0.2) is 20.9 Å². The Morgan fingerprint density at radius 2 is 2.22 bits per heavy atom. The van der Waals surface area contributed by atoms with E-state index in [1.165, 1.54) is 12.3 Å². The van der Waals surface area contributed by atoms with E-state index in [2.05, 4.69) is 15.0 Å². The van der Waals surface area contributed by atoms with Crippen LogP contribution in [-0.2, 0) is 9.84 Å². The molecule has 0 spiro atoms. The topological polar surface area (TPSA) is 152 Å². The lowest BCUT2D eigenvalue weighted by Gasteiger charge is -2.04. The minimum atomic E-state index is -3.47. The van der Waals surface area contributed by atoms with Crippen molar-refractivity contribution in [3.8, 4) is 0 Å². The number of nitrogens with one attached hydrogen (secondary N) is 2. The largest absolute Gasteiger partial charge is 0.384 e. The SMILES string of the molecule is CS(=O)(=O)C(N)c1nc2c(C(=N)N)ccnc2[nH]1. The highest BCUT2D eigenvalue weighted by Gasteiger charge is 2.22. The molecule has 0 saturated carbocycles. The number of nitrogens with two attached hydrogens (primary N) is 2. The molecule has 9 heteroatoms. The number of nitrogen functional groups attached to an aromatic ring is 1. The summed E-state index contributed by atoms with van der Waals surface area (Å²) >= 11 is 0. The Kier molecular flexibility index (Phi) is 2.79. The van der Waals surface area contributed by atoms with Crippen LogP contribution in [0.25, 0.3) is 11.2 Å². The second kappa shape index (κ2) is 4.03. The van der Waals surface area contributed by atoms with Gasteiger partial charge in [0.2, 0.25) is 0 Å². The highest BCUT2D eigenvalue weighted by atomic mass is 32.2. The van der Waals surface area contributed by atoms with E-state index in [1.54, 1.807) is 0 Å². The summed E-state index contributed by atoms with van der Waals surface area (Å²) in [5.41, 5.74) is 12.0. The predicted octanol–water partition coefficient (Wildman–Crippen LogP) is -0.756. The fourth-order valence-electron chi connectivity index (χ4n) is 1.48. The molecule has 18 heavy (non-hydrogen) atoms. The fourth-order valence-corrected chi connectivity index (χ4v) is 2.00. The smallest absolute Gasteiger partial charge is 0.170 e. The molecule has 2 rings (SSSR count). The third-order valence-electron chi connectivity index (χ3n) is 2.42. The first-order chi connectivity index (χ1) is 8.30. The van der Waals surface area contributed by atoms with Gasteiger partial charge in [0, 0.05) is 18.0 Å².